The molecule has 0 aliphatic heterocycles. The van der Waals surface area contributed by atoms with Crippen molar-refractivity contribution in [3.8, 4) is 11.3 Å². The van der Waals surface area contributed by atoms with Gasteiger partial charge < -0.3 is 0 Å². The zero-order valence-corrected chi connectivity index (χ0v) is 17.6. The number of aryl methyl sites for hydroxylation is 1. The summed E-state index contributed by atoms with van der Waals surface area (Å²) in [6.45, 7) is 0. The zero-order chi connectivity index (χ0) is 21.2. The highest BCUT2D eigenvalue weighted by molar-refractivity contribution is 6.30. The number of benzene rings is 3. The number of carbonyl (C=O) groups is 1. The van der Waals surface area contributed by atoms with E-state index in [0.717, 1.165) is 52.7 Å². The fourth-order valence-electron chi connectivity index (χ4n) is 4.03. The number of nitrogens with zero attached hydrogens (tertiary/aromatic N) is 2. The second kappa shape index (κ2) is 8.32. The van der Waals surface area contributed by atoms with E-state index in [0.29, 0.717) is 10.6 Å². The van der Waals surface area contributed by atoms with Gasteiger partial charge in [-0.25, -0.2) is 10.4 Å². The quantitative estimate of drug-likeness (QED) is 0.408. The molecule has 3 aromatic carbocycles. The van der Waals surface area contributed by atoms with Gasteiger partial charge in [0.15, 0.2) is 0 Å². The summed E-state index contributed by atoms with van der Waals surface area (Å²) in [5.74, 6) is -0.246. The molecule has 0 saturated carbocycles. The first-order valence-corrected chi connectivity index (χ1v) is 10.7. The minimum Gasteiger partial charge on any atom is -0.267 e. The Hall–Kier alpha value is -3.50. The molecule has 1 amide bonds. The topological polar surface area (TPSA) is 54.4 Å². The predicted octanol–water partition coefficient (Wildman–Crippen LogP) is 6.03. The largest absolute Gasteiger partial charge is 0.272 e. The van der Waals surface area contributed by atoms with Gasteiger partial charge in [-0.15, -0.1) is 0 Å². The summed E-state index contributed by atoms with van der Waals surface area (Å²) >= 11 is 6.03. The molecule has 1 aliphatic carbocycles. The number of pyridine rings is 1. The summed E-state index contributed by atoms with van der Waals surface area (Å²) in [6.07, 6.45) is 2.93. The highest BCUT2D eigenvalue weighted by atomic mass is 35.5. The van der Waals surface area contributed by atoms with E-state index in [-0.39, 0.29) is 5.91 Å². The fraction of sp³-hybridized carbons (Fsp3) is 0.115. The van der Waals surface area contributed by atoms with Gasteiger partial charge in [-0.3, -0.25) is 4.79 Å². The Balaban J connectivity index is 1.52. The van der Waals surface area contributed by atoms with Crippen LogP contribution in [0.5, 0.6) is 0 Å². The molecule has 4 nitrogen and oxygen atoms in total. The van der Waals surface area contributed by atoms with E-state index in [1.165, 1.54) is 5.56 Å². The van der Waals surface area contributed by atoms with Crippen LogP contribution in [0.25, 0.3) is 22.2 Å². The van der Waals surface area contributed by atoms with Crippen LogP contribution in [-0.4, -0.2) is 16.6 Å². The van der Waals surface area contributed by atoms with Gasteiger partial charge in [0.2, 0.25) is 0 Å². The standard InChI is InChI=1S/C26H20ClN3O/c27-19-14-12-18(13-15-19)25-16-22(21-9-3-4-10-23(21)28-25)26(31)30-29-24-11-5-7-17-6-1-2-8-20(17)24/h1-4,6,8-10,12-16H,5,7,11H2,(H,30,31)/b29-24-. The van der Waals surface area contributed by atoms with Crippen molar-refractivity contribution in [2.24, 2.45) is 5.10 Å². The fourth-order valence-corrected chi connectivity index (χ4v) is 4.15. The highest BCUT2D eigenvalue weighted by Gasteiger charge is 2.17. The lowest BCUT2D eigenvalue weighted by Crippen LogP contribution is -2.22. The molecule has 0 radical (unpaired) electrons. The Kier molecular flexibility index (Phi) is 5.23. The average molecular weight is 426 g/mol. The summed E-state index contributed by atoms with van der Waals surface area (Å²) in [4.78, 5) is 17.9. The maximum absolute atomic E-state index is 13.2. The molecule has 0 atom stereocenters. The average Bonchev–Trinajstić information content (AvgIpc) is 2.82. The molecule has 1 aromatic heterocycles. The van der Waals surface area contributed by atoms with Crippen LogP contribution in [0.15, 0.2) is 84.0 Å². The first-order valence-electron chi connectivity index (χ1n) is 10.3. The van der Waals surface area contributed by atoms with Crippen LogP contribution in [0, 0.1) is 0 Å². The van der Waals surface area contributed by atoms with Gasteiger partial charge in [0.05, 0.1) is 22.5 Å². The van der Waals surface area contributed by atoms with Crippen molar-refractivity contribution >= 4 is 34.1 Å². The van der Waals surface area contributed by atoms with E-state index in [9.17, 15) is 4.79 Å². The summed E-state index contributed by atoms with van der Waals surface area (Å²) in [5, 5.41) is 5.95. The molecule has 5 rings (SSSR count). The lowest BCUT2D eigenvalue weighted by molar-refractivity contribution is 0.0956. The Morgan fingerprint density at radius 3 is 2.58 bits per heavy atom. The van der Waals surface area contributed by atoms with Crippen molar-refractivity contribution in [3.05, 3.63) is 101 Å². The van der Waals surface area contributed by atoms with Gasteiger partial charge in [0, 0.05) is 21.5 Å². The third-order valence-corrected chi connectivity index (χ3v) is 5.83. The molecule has 0 saturated heterocycles. The number of hydrazone groups is 1. The van der Waals surface area contributed by atoms with Crippen LogP contribution in [0.4, 0.5) is 0 Å². The van der Waals surface area contributed by atoms with Gasteiger partial charge in [-0.05, 0) is 49.1 Å². The third-order valence-electron chi connectivity index (χ3n) is 5.58. The maximum atomic E-state index is 13.2. The van der Waals surface area contributed by atoms with Gasteiger partial charge in [-0.1, -0.05) is 66.2 Å². The Labute approximate surface area is 185 Å². The van der Waals surface area contributed by atoms with E-state index in [2.05, 4.69) is 22.7 Å². The number of halogens is 1. The lowest BCUT2D eigenvalue weighted by Gasteiger charge is -2.17. The van der Waals surface area contributed by atoms with E-state index in [4.69, 9.17) is 16.6 Å². The number of para-hydroxylation sites is 1. The van der Waals surface area contributed by atoms with Gasteiger partial charge in [-0.2, -0.15) is 5.10 Å². The van der Waals surface area contributed by atoms with E-state index in [1.807, 2.05) is 66.7 Å². The van der Waals surface area contributed by atoms with Crippen LogP contribution < -0.4 is 5.43 Å². The Morgan fingerprint density at radius 1 is 0.935 bits per heavy atom. The lowest BCUT2D eigenvalue weighted by atomic mass is 9.90. The number of hydrogen-bond donors (Lipinski definition) is 1. The number of aromatic nitrogens is 1. The number of fused-ring (bicyclic) bond motifs is 2. The molecular formula is C26H20ClN3O. The van der Waals surface area contributed by atoms with Gasteiger partial charge in [0.1, 0.15) is 0 Å². The van der Waals surface area contributed by atoms with Crippen LogP contribution >= 0.6 is 11.6 Å². The van der Waals surface area contributed by atoms with Crippen molar-refractivity contribution in [2.45, 2.75) is 19.3 Å². The maximum Gasteiger partial charge on any atom is 0.272 e. The van der Waals surface area contributed by atoms with Crippen molar-refractivity contribution in [2.75, 3.05) is 0 Å². The smallest absolute Gasteiger partial charge is 0.267 e. The van der Waals surface area contributed by atoms with Gasteiger partial charge in [0.25, 0.3) is 5.91 Å². The molecule has 1 N–H and O–H groups in total. The van der Waals surface area contributed by atoms with Crippen molar-refractivity contribution in [1.29, 1.82) is 0 Å². The summed E-state index contributed by atoms with van der Waals surface area (Å²) in [6, 6.07) is 25.2. The molecular weight excluding hydrogens is 406 g/mol. The number of rotatable bonds is 3. The second-order valence-electron chi connectivity index (χ2n) is 7.59. The number of nitrogens with one attached hydrogen (secondary N) is 1. The first-order chi connectivity index (χ1) is 15.2. The number of amides is 1. The minimum atomic E-state index is -0.246. The van der Waals surface area contributed by atoms with Crippen LogP contribution in [0.1, 0.15) is 34.3 Å². The molecule has 0 bridgehead atoms. The molecule has 0 fully saturated rings. The Morgan fingerprint density at radius 2 is 1.71 bits per heavy atom. The molecule has 31 heavy (non-hydrogen) atoms. The molecule has 1 heterocycles. The monoisotopic (exact) mass is 425 g/mol. The Bertz CT molecular complexity index is 1310. The second-order valence-corrected chi connectivity index (χ2v) is 8.03. The normalized spacial score (nSPS) is 14.4. The van der Waals surface area contributed by atoms with Crippen molar-refractivity contribution < 1.29 is 4.79 Å². The summed E-state index contributed by atoms with van der Waals surface area (Å²) < 4.78 is 0. The number of hydrogen-bond acceptors (Lipinski definition) is 3. The molecule has 4 aromatic rings. The SMILES string of the molecule is O=C(N/N=C1/CCCc2ccccc21)c1cc(-c2ccc(Cl)cc2)nc2ccccc12. The highest BCUT2D eigenvalue weighted by Crippen LogP contribution is 2.26. The minimum absolute atomic E-state index is 0.246. The van der Waals surface area contributed by atoms with Crippen molar-refractivity contribution in [3.63, 3.8) is 0 Å². The predicted molar refractivity (Wildman–Crippen MR) is 126 cm³/mol. The molecule has 0 spiro atoms. The van der Waals surface area contributed by atoms with Crippen LogP contribution in [0.2, 0.25) is 5.02 Å². The molecule has 0 unspecified atom stereocenters. The van der Waals surface area contributed by atoms with Crippen LogP contribution in [-0.2, 0) is 6.42 Å². The van der Waals surface area contributed by atoms with Crippen LogP contribution in [0.3, 0.4) is 0 Å². The zero-order valence-electron chi connectivity index (χ0n) is 16.8. The summed E-state index contributed by atoms with van der Waals surface area (Å²) in [7, 11) is 0. The van der Waals surface area contributed by atoms with E-state index < -0.39 is 0 Å². The first kappa shape index (κ1) is 19.5. The molecule has 5 heteroatoms. The molecule has 152 valence electrons. The van der Waals surface area contributed by atoms with Gasteiger partial charge >= 0.3 is 0 Å². The van der Waals surface area contributed by atoms with E-state index >= 15 is 0 Å². The number of carbonyl (C=O) groups excluding carboxylic acids is 1. The molecule has 1 aliphatic rings. The summed E-state index contributed by atoms with van der Waals surface area (Å²) in [5.41, 5.74) is 9.04. The van der Waals surface area contributed by atoms with Crippen molar-refractivity contribution in [1.82, 2.24) is 10.4 Å². The van der Waals surface area contributed by atoms with E-state index in [1.54, 1.807) is 0 Å². The third kappa shape index (κ3) is 3.94.